The fraction of sp³-hybridized carbons (Fsp3) is 0.562. The Kier molecular flexibility index (Phi) is 4.39. The Morgan fingerprint density at radius 2 is 2.17 bits per heavy atom. The van der Waals surface area contributed by atoms with Gasteiger partial charge in [-0.2, -0.15) is 0 Å². The van der Waals surface area contributed by atoms with Crippen molar-refractivity contribution in [3.05, 3.63) is 27.6 Å². The van der Waals surface area contributed by atoms with Gasteiger partial charge in [0.05, 0.1) is 17.4 Å². The second-order valence-electron chi connectivity index (χ2n) is 5.86. The molecule has 1 N–H and O–H groups in total. The number of carbonyl (C=O) groups excluding carboxylic acids is 1. The number of thiazole rings is 1. The van der Waals surface area contributed by atoms with Crippen LogP contribution in [0.15, 0.2) is 4.52 Å². The van der Waals surface area contributed by atoms with Crippen LogP contribution in [0.1, 0.15) is 58.2 Å². The van der Waals surface area contributed by atoms with E-state index in [4.69, 9.17) is 4.52 Å². The average molecular weight is 334 g/mol. The maximum Gasteiger partial charge on any atom is 0.266 e. The van der Waals surface area contributed by atoms with Gasteiger partial charge in [-0.05, 0) is 40.5 Å². The lowest BCUT2D eigenvalue weighted by Crippen LogP contribution is -2.30. The summed E-state index contributed by atoms with van der Waals surface area (Å²) >= 11 is 1.43. The van der Waals surface area contributed by atoms with Crippen molar-refractivity contribution in [1.29, 1.82) is 0 Å². The monoisotopic (exact) mass is 334 g/mol. The summed E-state index contributed by atoms with van der Waals surface area (Å²) in [6, 6.07) is 0.0536. The molecule has 6 nitrogen and oxygen atoms in total. The lowest BCUT2D eigenvalue weighted by atomic mass is 10.0. The molecule has 1 amide bonds. The predicted molar refractivity (Wildman–Crippen MR) is 90.0 cm³/mol. The van der Waals surface area contributed by atoms with Gasteiger partial charge in [-0.25, -0.2) is 4.98 Å². The Balaban J connectivity index is 1.89. The molecule has 2 aromatic heterocycles. The zero-order valence-electron chi connectivity index (χ0n) is 14.0. The Morgan fingerprint density at radius 1 is 1.39 bits per heavy atom. The number of aryl methyl sites for hydroxylation is 3. The first-order valence-electron chi connectivity index (χ1n) is 7.98. The minimum Gasteiger partial charge on any atom is -0.362 e. The Hall–Kier alpha value is -1.89. The molecule has 1 aliphatic rings. The summed E-state index contributed by atoms with van der Waals surface area (Å²) in [4.78, 5) is 20.1. The summed E-state index contributed by atoms with van der Waals surface area (Å²) in [7, 11) is 0. The summed E-state index contributed by atoms with van der Waals surface area (Å²) in [5.41, 5.74) is 2.73. The highest BCUT2D eigenvalue weighted by atomic mass is 32.1. The molecule has 0 aliphatic carbocycles. The van der Waals surface area contributed by atoms with Gasteiger partial charge >= 0.3 is 0 Å². The van der Waals surface area contributed by atoms with Gasteiger partial charge in [-0.3, -0.25) is 4.79 Å². The Morgan fingerprint density at radius 3 is 2.83 bits per heavy atom. The van der Waals surface area contributed by atoms with Crippen molar-refractivity contribution >= 4 is 22.4 Å². The van der Waals surface area contributed by atoms with E-state index in [1.807, 2.05) is 32.6 Å². The number of rotatable bonds is 4. The number of likely N-dealkylation sites (tertiary alicyclic amines) is 1. The van der Waals surface area contributed by atoms with E-state index < -0.39 is 0 Å². The van der Waals surface area contributed by atoms with Crippen LogP contribution >= 0.6 is 11.3 Å². The normalized spacial score (nSPS) is 17.7. The molecule has 0 saturated carbocycles. The van der Waals surface area contributed by atoms with Gasteiger partial charge < -0.3 is 14.7 Å². The number of anilines is 1. The number of amides is 1. The molecule has 1 unspecified atom stereocenters. The second-order valence-corrected chi connectivity index (χ2v) is 6.86. The predicted octanol–water partition coefficient (Wildman–Crippen LogP) is 3.47. The molecule has 7 heteroatoms. The van der Waals surface area contributed by atoms with Crippen LogP contribution in [0.25, 0.3) is 0 Å². The number of nitrogens with zero attached hydrogens (tertiary/aromatic N) is 3. The first-order valence-corrected chi connectivity index (χ1v) is 8.79. The van der Waals surface area contributed by atoms with Crippen molar-refractivity contribution in [2.24, 2.45) is 0 Å². The smallest absolute Gasteiger partial charge is 0.266 e. The fourth-order valence-corrected chi connectivity index (χ4v) is 4.22. The number of nitrogens with one attached hydrogen (secondary N) is 1. The third-order valence-corrected chi connectivity index (χ3v) is 5.36. The van der Waals surface area contributed by atoms with Gasteiger partial charge in [-0.1, -0.05) is 16.5 Å². The van der Waals surface area contributed by atoms with Crippen molar-refractivity contribution in [2.75, 3.05) is 18.4 Å². The molecule has 3 heterocycles. The number of hydrogen-bond acceptors (Lipinski definition) is 6. The molecular weight excluding hydrogens is 312 g/mol. The standard InChI is InChI=1S/C16H22N4O2S/c1-5-17-16-18-10(3)14(23-16)15(21)20-8-6-7-12(20)13-9(2)19-22-11(13)4/h12H,5-8H2,1-4H3,(H,17,18). The molecule has 1 atom stereocenters. The number of carbonyl (C=O) groups is 1. The van der Waals surface area contributed by atoms with Crippen LogP contribution < -0.4 is 5.32 Å². The highest BCUT2D eigenvalue weighted by Gasteiger charge is 2.35. The van der Waals surface area contributed by atoms with E-state index >= 15 is 0 Å². The number of aromatic nitrogens is 2. The molecule has 2 aromatic rings. The zero-order valence-corrected chi connectivity index (χ0v) is 14.8. The van der Waals surface area contributed by atoms with Crippen molar-refractivity contribution in [1.82, 2.24) is 15.0 Å². The topological polar surface area (TPSA) is 71.3 Å². The van der Waals surface area contributed by atoms with Crippen molar-refractivity contribution in [3.63, 3.8) is 0 Å². The zero-order chi connectivity index (χ0) is 16.6. The third kappa shape index (κ3) is 2.85. The minimum atomic E-state index is 0.0536. The molecule has 1 aliphatic heterocycles. The van der Waals surface area contributed by atoms with Crippen molar-refractivity contribution < 1.29 is 9.32 Å². The largest absolute Gasteiger partial charge is 0.362 e. The van der Waals surface area contributed by atoms with Crippen LogP contribution in [-0.4, -0.2) is 34.0 Å². The summed E-state index contributed by atoms with van der Waals surface area (Å²) in [6.45, 7) is 9.33. The van der Waals surface area contributed by atoms with Gasteiger partial charge in [0.25, 0.3) is 5.91 Å². The third-order valence-electron chi connectivity index (χ3n) is 4.25. The molecule has 0 radical (unpaired) electrons. The summed E-state index contributed by atoms with van der Waals surface area (Å²) in [5.74, 6) is 0.869. The SMILES string of the molecule is CCNc1nc(C)c(C(=O)N2CCCC2c2c(C)noc2C)s1. The van der Waals surface area contributed by atoms with Gasteiger partial charge in [0.1, 0.15) is 10.6 Å². The highest BCUT2D eigenvalue weighted by molar-refractivity contribution is 7.17. The molecule has 124 valence electrons. The first kappa shape index (κ1) is 16.0. The van der Waals surface area contributed by atoms with Crippen LogP contribution in [0.5, 0.6) is 0 Å². The first-order chi connectivity index (χ1) is 11.0. The maximum absolute atomic E-state index is 13.0. The molecule has 0 bridgehead atoms. The molecular formula is C16H22N4O2S. The maximum atomic E-state index is 13.0. The van der Waals surface area contributed by atoms with E-state index in [0.717, 1.165) is 58.7 Å². The number of hydrogen-bond donors (Lipinski definition) is 1. The van der Waals surface area contributed by atoms with E-state index in [-0.39, 0.29) is 11.9 Å². The van der Waals surface area contributed by atoms with E-state index in [2.05, 4.69) is 15.5 Å². The van der Waals surface area contributed by atoms with Crippen LogP contribution in [-0.2, 0) is 0 Å². The molecule has 23 heavy (non-hydrogen) atoms. The van der Waals surface area contributed by atoms with Crippen molar-refractivity contribution in [2.45, 2.75) is 46.6 Å². The molecule has 3 rings (SSSR count). The molecule has 1 fully saturated rings. The summed E-state index contributed by atoms with van der Waals surface area (Å²) in [5, 5.41) is 8.03. The van der Waals surface area contributed by atoms with E-state index in [0.29, 0.717) is 0 Å². The van der Waals surface area contributed by atoms with Crippen LogP contribution in [0.3, 0.4) is 0 Å². The quantitative estimate of drug-likeness (QED) is 0.927. The lowest BCUT2D eigenvalue weighted by molar-refractivity contribution is 0.0738. The Bertz CT molecular complexity index is 702. The summed E-state index contributed by atoms with van der Waals surface area (Å²) in [6.07, 6.45) is 1.95. The second kappa shape index (κ2) is 6.31. The van der Waals surface area contributed by atoms with Crippen LogP contribution in [0, 0.1) is 20.8 Å². The van der Waals surface area contributed by atoms with Crippen LogP contribution in [0.2, 0.25) is 0 Å². The van der Waals surface area contributed by atoms with Gasteiger partial charge in [0.2, 0.25) is 0 Å². The van der Waals surface area contributed by atoms with E-state index in [1.54, 1.807) is 0 Å². The van der Waals surface area contributed by atoms with Gasteiger partial charge in [0, 0.05) is 18.7 Å². The van der Waals surface area contributed by atoms with E-state index in [9.17, 15) is 4.79 Å². The van der Waals surface area contributed by atoms with E-state index in [1.165, 1.54) is 11.3 Å². The highest BCUT2D eigenvalue weighted by Crippen LogP contribution is 2.37. The van der Waals surface area contributed by atoms with Gasteiger partial charge in [0.15, 0.2) is 5.13 Å². The lowest BCUT2D eigenvalue weighted by Gasteiger charge is -2.24. The average Bonchev–Trinajstić information content (AvgIpc) is 3.19. The minimum absolute atomic E-state index is 0.0536. The fourth-order valence-electron chi connectivity index (χ4n) is 3.23. The van der Waals surface area contributed by atoms with Gasteiger partial charge in [-0.15, -0.1) is 0 Å². The van der Waals surface area contributed by atoms with Crippen molar-refractivity contribution in [3.8, 4) is 0 Å². The van der Waals surface area contributed by atoms with Crippen LogP contribution in [0.4, 0.5) is 5.13 Å². The molecule has 0 aromatic carbocycles. The molecule has 1 saturated heterocycles. The Labute approximate surface area is 139 Å². The molecule has 0 spiro atoms. The summed E-state index contributed by atoms with van der Waals surface area (Å²) < 4.78 is 5.29.